The minimum absolute atomic E-state index is 0.104. The first-order valence-corrected chi connectivity index (χ1v) is 10.9. The van der Waals surface area contributed by atoms with Crippen LogP contribution >= 0.6 is 34.4 Å². The van der Waals surface area contributed by atoms with Crippen LogP contribution in [0.4, 0.5) is 9.18 Å². The largest absolute Gasteiger partial charge is 0.490 e. The van der Waals surface area contributed by atoms with Crippen LogP contribution in [0, 0.1) is 9.39 Å². The molecule has 0 unspecified atom stereocenters. The van der Waals surface area contributed by atoms with Crippen molar-refractivity contribution in [2.24, 2.45) is 0 Å². The molecule has 8 heteroatoms. The highest BCUT2D eigenvalue weighted by molar-refractivity contribution is 14.1. The number of halogens is 2. The fourth-order valence-electron chi connectivity index (χ4n) is 2.78. The Balaban J connectivity index is 1.86. The van der Waals surface area contributed by atoms with Crippen molar-refractivity contribution in [3.05, 3.63) is 61.8 Å². The molecule has 1 fully saturated rings. The minimum atomic E-state index is -0.369. The first kappa shape index (κ1) is 21.6. The molecule has 0 saturated carbocycles. The third-order valence-corrected chi connectivity index (χ3v) is 5.75. The molecule has 2 aromatic rings. The Bertz CT molecular complexity index is 962. The highest BCUT2D eigenvalue weighted by Crippen LogP contribution is 2.37. The number of benzene rings is 2. The summed E-state index contributed by atoms with van der Waals surface area (Å²) in [4.78, 5) is 26.6. The van der Waals surface area contributed by atoms with Gasteiger partial charge in [0, 0.05) is 0 Å². The first-order valence-electron chi connectivity index (χ1n) is 9.01. The van der Waals surface area contributed by atoms with E-state index in [4.69, 9.17) is 9.47 Å². The molecular weight excluding hydrogens is 508 g/mol. The average Bonchev–Trinajstić information content (AvgIpc) is 2.94. The van der Waals surface area contributed by atoms with E-state index in [1.54, 1.807) is 24.3 Å². The molecule has 0 N–H and O–H groups in total. The Labute approximate surface area is 186 Å². The summed E-state index contributed by atoms with van der Waals surface area (Å²) in [6.07, 6.45) is 1.68. The van der Waals surface area contributed by atoms with Crippen molar-refractivity contribution in [3.8, 4) is 11.5 Å². The summed E-state index contributed by atoms with van der Waals surface area (Å²) in [6, 6.07) is 9.41. The molecule has 5 nitrogen and oxygen atoms in total. The lowest BCUT2D eigenvalue weighted by molar-refractivity contribution is -0.123. The van der Waals surface area contributed by atoms with Crippen LogP contribution in [0.3, 0.4) is 0 Å². The zero-order valence-corrected chi connectivity index (χ0v) is 18.9. The standard InChI is InChI=1S/C21H19FINO4S/c1-3-27-17-10-14(9-16(23)19(17)28-4-2)11-18-20(25)24(21(26)29-18)12-13-5-7-15(22)8-6-13/h5-11H,3-4,12H2,1-2H3/b18-11+. The molecule has 0 aliphatic carbocycles. The Morgan fingerprint density at radius 1 is 1.10 bits per heavy atom. The molecule has 1 heterocycles. The lowest BCUT2D eigenvalue weighted by Crippen LogP contribution is -2.27. The number of hydrogen-bond acceptors (Lipinski definition) is 5. The number of ether oxygens (including phenoxy) is 2. The number of imide groups is 1. The Hall–Kier alpha value is -2.07. The second kappa shape index (κ2) is 9.62. The summed E-state index contributed by atoms with van der Waals surface area (Å²) in [5, 5.41) is -0.351. The van der Waals surface area contributed by atoms with Gasteiger partial charge < -0.3 is 9.47 Å². The second-order valence-corrected chi connectivity index (χ2v) is 8.25. The molecule has 0 aromatic heterocycles. The number of hydrogen-bond donors (Lipinski definition) is 0. The van der Waals surface area contributed by atoms with Crippen LogP contribution in [0.25, 0.3) is 6.08 Å². The van der Waals surface area contributed by atoms with Gasteiger partial charge in [0.25, 0.3) is 11.1 Å². The molecule has 0 spiro atoms. The SMILES string of the molecule is CCOc1cc(/C=C2/SC(=O)N(Cc3ccc(F)cc3)C2=O)cc(I)c1OCC. The van der Waals surface area contributed by atoms with E-state index in [1.807, 2.05) is 19.9 Å². The van der Waals surface area contributed by atoms with Crippen molar-refractivity contribution in [3.63, 3.8) is 0 Å². The summed E-state index contributed by atoms with van der Waals surface area (Å²) in [7, 11) is 0. The van der Waals surface area contributed by atoms with Crippen molar-refractivity contribution in [1.29, 1.82) is 0 Å². The van der Waals surface area contributed by atoms with Gasteiger partial charge in [-0.25, -0.2) is 4.39 Å². The van der Waals surface area contributed by atoms with Crippen LogP contribution in [-0.4, -0.2) is 29.3 Å². The molecule has 2 amide bonds. The molecule has 0 radical (unpaired) electrons. The van der Waals surface area contributed by atoms with E-state index in [0.717, 1.165) is 25.8 Å². The Morgan fingerprint density at radius 3 is 2.45 bits per heavy atom. The molecule has 0 atom stereocenters. The number of amides is 2. The maximum Gasteiger partial charge on any atom is 0.293 e. The smallest absolute Gasteiger partial charge is 0.293 e. The lowest BCUT2D eigenvalue weighted by Gasteiger charge is -2.14. The van der Waals surface area contributed by atoms with Gasteiger partial charge in [-0.15, -0.1) is 0 Å². The molecular formula is C21H19FINO4S. The molecule has 2 aromatic carbocycles. The Kier molecular flexibility index (Phi) is 7.18. The van der Waals surface area contributed by atoms with Crippen LogP contribution in [-0.2, 0) is 11.3 Å². The van der Waals surface area contributed by atoms with Crippen LogP contribution in [0.15, 0.2) is 41.3 Å². The van der Waals surface area contributed by atoms with Crippen molar-refractivity contribution in [2.75, 3.05) is 13.2 Å². The van der Waals surface area contributed by atoms with Crippen LogP contribution in [0.2, 0.25) is 0 Å². The maximum absolute atomic E-state index is 13.1. The van der Waals surface area contributed by atoms with Crippen LogP contribution < -0.4 is 9.47 Å². The average molecular weight is 527 g/mol. The van der Waals surface area contributed by atoms with E-state index in [-0.39, 0.29) is 23.5 Å². The fraction of sp³-hybridized carbons (Fsp3) is 0.238. The molecule has 1 saturated heterocycles. The molecule has 0 bridgehead atoms. The molecule has 29 heavy (non-hydrogen) atoms. The van der Waals surface area contributed by atoms with E-state index < -0.39 is 0 Å². The minimum Gasteiger partial charge on any atom is -0.490 e. The molecule has 1 aliphatic heterocycles. The first-order chi connectivity index (χ1) is 13.9. The van der Waals surface area contributed by atoms with Crippen molar-refractivity contribution in [1.82, 2.24) is 4.90 Å². The third kappa shape index (κ3) is 5.11. The zero-order chi connectivity index (χ0) is 21.0. The quantitative estimate of drug-likeness (QED) is 0.354. The topological polar surface area (TPSA) is 55.8 Å². The van der Waals surface area contributed by atoms with E-state index in [1.165, 1.54) is 12.1 Å². The maximum atomic E-state index is 13.1. The van der Waals surface area contributed by atoms with E-state index >= 15 is 0 Å². The van der Waals surface area contributed by atoms with Crippen molar-refractivity contribution < 1.29 is 23.5 Å². The number of thioether (sulfide) groups is 1. The summed E-state index contributed by atoms with van der Waals surface area (Å²) < 4.78 is 25.3. The summed E-state index contributed by atoms with van der Waals surface area (Å²) in [5.41, 5.74) is 1.43. The zero-order valence-electron chi connectivity index (χ0n) is 15.9. The van der Waals surface area contributed by atoms with E-state index in [0.29, 0.717) is 35.2 Å². The third-order valence-electron chi connectivity index (χ3n) is 4.05. The number of nitrogens with zero attached hydrogens (tertiary/aromatic N) is 1. The summed E-state index contributed by atoms with van der Waals surface area (Å²) >= 11 is 3.05. The molecule has 152 valence electrons. The highest BCUT2D eigenvalue weighted by atomic mass is 127. The van der Waals surface area contributed by atoms with Gasteiger partial charge in [-0.1, -0.05) is 12.1 Å². The number of carbonyl (C=O) groups is 2. The fourth-order valence-corrected chi connectivity index (χ4v) is 4.40. The summed E-state index contributed by atoms with van der Waals surface area (Å²) in [5.74, 6) is 0.527. The normalized spacial score (nSPS) is 15.3. The predicted molar refractivity (Wildman–Crippen MR) is 119 cm³/mol. The highest BCUT2D eigenvalue weighted by Gasteiger charge is 2.35. The summed E-state index contributed by atoms with van der Waals surface area (Å²) in [6.45, 7) is 4.88. The van der Waals surface area contributed by atoms with Gasteiger partial charge in [0.05, 0.1) is 28.2 Å². The number of carbonyl (C=O) groups excluding carboxylic acids is 2. The lowest BCUT2D eigenvalue weighted by atomic mass is 10.1. The van der Waals surface area contributed by atoms with Crippen molar-refractivity contribution >= 4 is 51.6 Å². The van der Waals surface area contributed by atoms with Crippen LogP contribution in [0.1, 0.15) is 25.0 Å². The van der Waals surface area contributed by atoms with Gasteiger partial charge in [-0.05, 0) is 89.7 Å². The van der Waals surface area contributed by atoms with Gasteiger partial charge in [-0.3, -0.25) is 14.5 Å². The van der Waals surface area contributed by atoms with Crippen LogP contribution in [0.5, 0.6) is 11.5 Å². The van der Waals surface area contributed by atoms with Gasteiger partial charge in [0.1, 0.15) is 5.82 Å². The van der Waals surface area contributed by atoms with E-state index in [9.17, 15) is 14.0 Å². The molecule has 3 rings (SSSR count). The number of rotatable bonds is 7. The van der Waals surface area contributed by atoms with Crippen molar-refractivity contribution in [2.45, 2.75) is 20.4 Å². The Morgan fingerprint density at radius 2 is 1.79 bits per heavy atom. The van der Waals surface area contributed by atoms with Gasteiger partial charge in [0.2, 0.25) is 0 Å². The van der Waals surface area contributed by atoms with Gasteiger partial charge in [0.15, 0.2) is 11.5 Å². The second-order valence-electron chi connectivity index (χ2n) is 6.09. The van der Waals surface area contributed by atoms with E-state index in [2.05, 4.69) is 22.6 Å². The monoisotopic (exact) mass is 527 g/mol. The van der Waals surface area contributed by atoms with Gasteiger partial charge >= 0.3 is 0 Å². The predicted octanol–water partition coefficient (Wildman–Crippen LogP) is 5.46. The van der Waals surface area contributed by atoms with Gasteiger partial charge in [-0.2, -0.15) is 0 Å². The molecule has 1 aliphatic rings.